The van der Waals surface area contributed by atoms with Crippen LogP contribution in [0.3, 0.4) is 0 Å². The fraction of sp³-hybridized carbons (Fsp3) is 0.0204. The largest absolute Gasteiger partial charge is 0.0791 e. The summed E-state index contributed by atoms with van der Waals surface area (Å²) in [6, 6.07) is 66.5. The third-order valence-electron chi connectivity index (χ3n) is 10.0. The van der Waals surface area contributed by atoms with Crippen molar-refractivity contribution in [3.8, 4) is 33.4 Å². The maximum Gasteiger partial charge on any atom is -0.00199 e. The SMILES string of the molecule is C/C=C(\c1ccccc1-c1ccccc1)c1ccccc1-c1c2ccccc2c(-c2cc3ccccc3c3ccccc23)c2ccccc12. The second-order valence-electron chi connectivity index (χ2n) is 12.7. The summed E-state index contributed by atoms with van der Waals surface area (Å²) in [5.41, 5.74) is 11.2. The molecule has 0 aliphatic heterocycles. The lowest BCUT2D eigenvalue weighted by atomic mass is 9.81. The van der Waals surface area contributed by atoms with Crippen LogP contribution in [0.25, 0.3) is 82.0 Å². The number of rotatable bonds is 5. The van der Waals surface area contributed by atoms with E-state index in [0.29, 0.717) is 0 Å². The van der Waals surface area contributed by atoms with E-state index in [1.807, 2.05) is 0 Å². The van der Waals surface area contributed by atoms with Gasteiger partial charge in [0.15, 0.2) is 0 Å². The summed E-state index contributed by atoms with van der Waals surface area (Å²) in [6.45, 7) is 2.16. The van der Waals surface area contributed by atoms with E-state index >= 15 is 0 Å². The quantitative estimate of drug-likeness (QED) is 0.132. The Morgan fingerprint density at radius 1 is 0.347 bits per heavy atom. The van der Waals surface area contributed by atoms with Crippen molar-refractivity contribution in [3.05, 3.63) is 199 Å². The van der Waals surface area contributed by atoms with Gasteiger partial charge in [0.2, 0.25) is 0 Å². The third-order valence-corrected chi connectivity index (χ3v) is 10.0. The van der Waals surface area contributed by atoms with Crippen LogP contribution in [0.2, 0.25) is 0 Å². The molecular weight excluding hydrogens is 589 g/mol. The second-order valence-corrected chi connectivity index (χ2v) is 12.7. The summed E-state index contributed by atoms with van der Waals surface area (Å²) in [5.74, 6) is 0. The fourth-order valence-corrected chi connectivity index (χ4v) is 7.95. The van der Waals surface area contributed by atoms with Crippen molar-refractivity contribution in [1.29, 1.82) is 0 Å². The summed E-state index contributed by atoms with van der Waals surface area (Å²) in [6.07, 6.45) is 2.28. The Kier molecular flexibility index (Phi) is 7.14. The smallest absolute Gasteiger partial charge is 0.00199 e. The molecule has 0 heterocycles. The number of fused-ring (bicyclic) bond motifs is 5. The molecule has 0 aliphatic carbocycles. The van der Waals surface area contributed by atoms with Gasteiger partial charge in [0.1, 0.15) is 0 Å². The van der Waals surface area contributed by atoms with Gasteiger partial charge in [0.05, 0.1) is 0 Å². The summed E-state index contributed by atoms with van der Waals surface area (Å²) in [4.78, 5) is 0. The van der Waals surface area contributed by atoms with Gasteiger partial charge < -0.3 is 0 Å². The van der Waals surface area contributed by atoms with Crippen molar-refractivity contribution >= 4 is 48.7 Å². The Hall–Kier alpha value is -6.24. The molecule has 9 aromatic rings. The first-order chi connectivity index (χ1) is 24.3. The van der Waals surface area contributed by atoms with Gasteiger partial charge in [0.25, 0.3) is 0 Å². The minimum atomic E-state index is 1.22. The van der Waals surface area contributed by atoms with Crippen LogP contribution in [0, 0.1) is 0 Å². The maximum absolute atomic E-state index is 2.40. The van der Waals surface area contributed by atoms with Crippen LogP contribution in [0.15, 0.2) is 188 Å². The molecule has 230 valence electrons. The molecule has 0 spiro atoms. The molecule has 0 aliphatic rings. The van der Waals surface area contributed by atoms with Crippen LogP contribution in [-0.4, -0.2) is 0 Å². The Morgan fingerprint density at radius 3 is 1.39 bits per heavy atom. The van der Waals surface area contributed by atoms with Crippen molar-refractivity contribution in [3.63, 3.8) is 0 Å². The molecule has 0 nitrogen and oxygen atoms in total. The standard InChI is InChI=1S/C49H34/c1-2-35(38-23-9-8-21-36(38)33-18-4-3-5-19-33)39-24-12-13-27-42(39)48-43-28-14-16-30-45(43)49(46-31-17-15-29-44(46)48)47-32-34-20-6-7-22-37(34)40-25-10-11-26-41(40)47/h2-32H,1H3/b35-2+. The van der Waals surface area contributed by atoms with Crippen LogP contribution in [0.5, 0.6) is 0 Å². The minimum Gasteiger partial charge on any atom is -0.0791 e. The molecule has 0 radical (unpaired) electrons. The van der Waals surface area contributed by atoms with E-state index < -0.39 is 0 Å². The number of benzene rings is 9. The van der Waals surface area contributed by atoms with Crippen molar-refractivity contribution in [1.82, 2.24) is 0 Å². The highest BCUT2D eigenvalue weighted by Gasteiger charge is 2.22. The van der Waals surface area contributed by atoms with E-state index in [0.717, 1.165) is 0 Å². The Labute approximate surface area is 287 Å². The zero-order valence-electron chi connectivity index (χ0n) is 27.4. The van der Waals surface area contributed by atoms with Crippen molar-refractivity contribution in [2.75, 3.05) is 0 Å². The molecule has 9 rings (SSSR count). The summed E-state index contributed by atoms with van der Waals surface area (Å²) in [7, 11) is 0. The van der Waals surface area contributed by atoms with Crippen molar-refractivity contribution in [2.24, 2.45) is 0 Å². The molecule has 0 amide bonds. The average molecular weight is 623 g/mol. The van der Waals surface area contributed by atoms with Crippen molar-refractivity contribution < 1.29 is 0 Å². The van der Waals surface area contributed by atoms with Crippen LogP contribution in [0.1, 0.15) is 18.1 Å². The Bertz CT molecular complexity index is 2650. The van der Waals surface area contributed by atoms with Crippen LogP contribution in [0.4, 0.5) is 0 Å². The normalized spacial score (nSPS) is 11.9. The lowest BCUT2D eigenvalue weighted by Gasteiger charge is -2.22. The van der Waals surface area contributed by atoms with E-state index in [1.165, 1.54) is 93.2 Å². The first-order valence-electron chi connectivity index (χ1n) is 17.1. The fourth-order valence-electron chi connectivity index (χ4n) is 7.95. The first-order valence-corrected chi connectivity index (χ1v) is 17.1. The number of allylic oxidation sites excluding steroid dienone is 1. The predicted molar refractivity (Wildman–Crippen MR) is 212 cm³/mol. The molecule has 9 aromatic carbocycles. The van der Waals surface area contributed by atoms with Crippen LogP contribution < -0.4 is 0 Å². The lowest BCUT2D eigenvalue weighted by Crippen LogP contribution is -1.97. The highest BCUT2D eigenvalue weighted by atomic mass is 14.2. The minimum absolute atomic E-state index is 1.22. The van der Waals surface area contributed by atoms with E-state index in [-0.39, 0.29) is 0 Å². The first kappa shape index (κ1) is 28.9. The summed E-state index contributed by atoms with van der Waals surface area (Å²) < 4.78 is 0. The lowest BCUT2D eigenvalue weighted by molar-refractivity contribution is 1.51. The zero-order chi connectivity index (χ0) is 32.7. The number of hydrogen-bond donors (Lipinski definition) is 0. The molecule has 0 saturated heterocycles. The van der Waals surface area contributed by atoms with Crippen molar-refractivity contribution in [2.45, 2.75) is 6.92 Å². The van der Waals surface area contributed by atoms with Gasteiger partial charge in [-0.3, -0.25) is 0 Å². The van der Waals surface area contributed by atoms with Gasteiger partial charge in [-0.1, -0.05) is 182 Å². The Balaban J connectivity index is 1.36. The maximum atomic E-state index is 2.40. The molecule has 0 unspecified atom stereocenters. The highest BCUT2D eigenvalue weighted by Crippen LogP contribution is 2.48. The molecule has 0 aromatic heterocycles. The summed E-state index contributed by atoms with van der Waals surface area (Å²) in [5, 5.41) is 10.1. The van der Waals surface area contributed by atoms with Crippen LogP contribution in [-0.2, 0) is 0 Å². The van der Waals surface area contributed by atoms with Gasteiger partial charge in [-0.25, -0.2) is 0 Å². The van der Waals surface area contributed by atoms with Crippen LogP contribution >= 0.6 is 0 Å². The molecule has 0 heteroatoms. The molecule has 0 bridgehead atoms. The molecule has 0 atom stereocenters. The van der Waals surface area contributed by atoms with E-state index in [2.05, 4.69) is 195 Å². The second kappa shape index (κ2) is 12.1. The molecular formula is C49H34. The van der Waals surface area contributed by atoms with Gasteiger partial charge in [-0.15, -0.1) is 0 Å². The van der Waals surface area contributed by atoms with E-state index in [1.54, 1.807) is 0 Å². The van der Waals surface area contributed by atoms with E-state index in [4.69, 9.17) is 0 Å². The van der Waals surface area contributed by atoms with Gasteiger partial charge in [-0.2, -0.15) is 0 Å². The monoisotopic (exact) mass is 622 g/mol. The zero-order valence-corrected chi connectivity index (χ0v) is 27.4. The van der Waals surface area contributed by atoms with E-state index in [9.17, 15) is 0 Å². The average Bonchev–Trinajstić information content (AvgIpc) is 3.18. The molecule has 49 heavy (non-hydrogen) atoms. The number of hydrogen-bond acceptors (Lipinski definition) is 0. The third kappa shape index (κ3) is 4.76. The van der Waals surface area contributed by atoms with Gasteiger partial charge >= 0.3 is 0 Å². The molecule has 0 fully saturated rings. The van der Waals surface area contributed by atoms with Gasteiger partial charge in [0, 0.05) is 0 Å². The predicted octanol–water partition coefficient (Wildman–Crippen LogP) is 13.8. The van der Waals surface area contributed by atoms with Gasteiger partial charge in [-0.05, 0) is 106 Å². The Morgan fingerprint density at radius 2 is 0.776 bits per heavy atom. The summed E-state index contributed by atoms with van der Waals surface area (Å²) >= 11 is 0. The molecule has 0 N–H and O–H groups in total. The molecule has 0 saturated carbocycles. The topological polar surface area (TPSA) is 0 Å². The highest BCUT2D eigenvalue weighted by molar-refractivity contribution is 6.26.